The van der Waals surface area contributed by atoms with Crippen LogP contribution in [0.1, 0.15) is 78.7 Å². The maximum Gasteiger partial charge on any atom is 0.332 e. The van der Waals surface area contributed by atoms with Crippen molar-refractivity contribution in [2.75, 3.05) is 26.7 Å². The van der Waals surface area contributed by atoms with Gasteiger partial charge in [0.1, 0.15) is 5.75 Å². The molecule has 3 rings (SSSR count). The lowest BCUT2D eigenvalue weighted by Crippen LogP contribution is -2.41. The van der Waals surface area contributed by atoms with Crippen molar-refractivity contribution in [2.24, 2.45) is 5.41 Å². The van der Waals surface area contributed by atoms with E-state index in [1.807, 2.05) is 53.2 Å². The first-order valence-corrected chi connectivity index (χ1v) is 13.2. The van der Waals surface area contributed by atoms with Gasteiger partial charge in [-0.25, -0.2) is 4.79 Å². The van der Waals surface area contributed by atoms with E-state index in [9.17, 15) is 9.59 Å². The van der Waals surface area contributed by atoms with Crippen LogP contribution < -0.4 is 15.7 Å². The van der Waals surface area contributed by atoms with Crippen LogP contribution in [0.25, 0.3) is 5.69 Å². The summed E-state index contributed by atoms with van der Waals surface area (Å²) in [6.45, 7) is 10.7. The molecular weight excluding hydrogens is 440 g/mol. The number of unbranched alkanes of at least 4 members (excludes halogenated alkanes) is 1. The maximum absolute atomic E-state index is 13.1. The molecule has 0 aliphatic heterocycles. The lowest BCUT2D eigenvalue weighted by atomic mass is 9.91. The van der Waals surface area contributed by atoms with Crippen LogP contribution in [-0.2, 0) is 4.79 Å². The van der Waals surface area contributed by atoms with Gasteiger partial charge in [-0.1, -0.05) is 34.1 Å². The fourth-order valence-corrected chi connectivity index (χ4v) is 4.61. The van der Waals surface area contributed by atoms with Gasteiger partial charge in [-0.3, -0.25) is 13.9 Å². The van der Waals surface area contributed by atoms with E-state index in [0.29, 0.717) is 12.5 Å². The molecule has 7 nitrogen and oxygen atoms in total. The molecule has 1 aromatic carbocycles. The second kappa shape index (κ2) is 12.4. The molecule has 1 N–H and O–H groups in total. The van der Waals surface area contributed by atoms with E-state index in [1.54, 1.807) is 4.57 Å². The summed E-state index contributed by atoms with van der Waals surface area (Å²) in [6.07, 6.45) is 10.5. The third kappa shape index (κ3) is 7.99. The Labute approximate surface area is 210 Å². The van der Waals surface area contributed by atoms with Crippen molar-refractivity contribution < 1.29 is 9.53 Å². The molecule has 1 fully saturated rings. The van der Waals surface area contributed by atoms with Crippen LogP contribution in [0.5, 0.6) is 5.75 Å². The molecule has 1 saturated carbocycles. The molecule has 7 heteroatoms. The number of rotatable bonds is 11. The lowest BCUT2D eigenvalue weighted by Gasteiger charge is -2.30. The Morgan fingerprint density at radius 1 is 1.11 bits per heavy atom. The highest BCUT2D eigenvalue weighted by atomic mass is 16.5. The molecule has 1 heterocycles. The van der Waals surface area contributed by atoms with Gasteiger partial charge in [0.15, 0.2) is 0 Å². The molecule has 2 aromatic rings. The summed E-state index contributed by atoms with van der Waals surface area (Å²) < 4.78 is 9.33. The molecule has 1 amide bonds. The number of benzene rings is 1. The summed E-state index contributed by atoms with van der Waals surface area (Å²) >= 11 is 0. The Morgan fingerprint density at radius 3 is 2.43 bits per heavy atom. The Kier molecular flexibility index (Phi) is 9.61. The van der Waals surface area contributed by atoms with E-state index in [4.69, 9.17) is 4.74 Å². The van der Waals surface area contributed by atoms with Gasteiger partial charge >= 0.3 is 5.69 Å². The molecule has 0 atom stereocenters. The van der Waals surface area contributed by atoms with Gasteiger partial charge < -0.3 is 15.0 Å². The topological polar surface area (TPSA) is 68.5 Å². The summed E-state index contributed by atoms with van der Waals surface area (Å²) in [6, 6.07) is 8.41. The van der Waals surface area contributed by atoms with E-state index in [1.165, 1.54) is 0 Å². The monoisotopic (exact) mass is 484 g/mol. The number of nitrogens with one attached hydrogen (secondary N) is 1. The lowest BCUT2D eigenvalue weighted by molar-refractivity contribution is -0.131. The third-order valence-electron chi connectivity index (χ3n) is 6.76. The number of aromatic nitrogens is 2. The predicted octanol–water partition coefficient (Wildman–Crippen LogP) is 4.79. The molecule has 1 aliphatic rings. The molecule has 0 saturated heterocycles. The molecular formula is C28H44N4O3. The first-order chi connectivity index (χ1) is 16.7. The Morgan fingerprint density at radius 2 is 1.80 bits per heavy atom. The molecule has 0 unspecified atom stereocenters. The minimum Gasteiger partial charge on any atom is -0.494 e. The SMILES string of the molecule is CCCCOc1ccc(-n2ccn(C3CCC(NCCN(C)C(=O)CC(C)(C)C)CC3)c2=O)cc1. The molecule has 1 aromatic heterocycles. The zero-order valence-corrected chi connectivity index (χ0v) is 22.3. The van der Waals surface area contributed by atoms with Crippen LogP contribution in [-0.4, -0.2) is 52.7 Å². The number of hydrogen-bond donors (Lipinski definition) is 1. The van der Waals surface area contributed by atoms with E-state index in [-0.39, 0.29) is 23.1 Å². The van der Waals surface area contributed by atoms with Crippen molar-refractivity contribution in [3.8, 4) is 11.4 Å². The second-order valence-corrected chi connectivity index (χ2v) is 11.1. The molecule has 194 valence electrons. The van der Waals surface area contributed by atoms with Crippen molar-refractivity contribution in [1.29, 1.82) is 0 Å². The quantitative estimate of drug-likeness (QED) is 0.466. The zero-order valence-electron chi connectivity index (χ0n) is 22.3. The Bertz CT molecular complexity index is 979. The minimum atomic E-state index is 0.0139. The highest BCUT2D eigenvalue weighted by Gasteiger charge is 2.24. The van der Waals surface area contributed by atoms with E-state index in [0.717, 1.165) is 69.7 Å². The molecule has 0 radical (unpaired) electrons. The van der Waals surface area contributed by atoms with Crippen molar-refractivity contribution in [3.05, 3.63) is 47.1 Å². The average molecular weight is 485 g/mol. The van der Waals surface area contributed by atoms with Gasteiger partial charge in [-0.2, -0.15) is 0 Å². The molecule has 0 bridgehead atoms. The van der Waals surface area contributed by atoms with Gasteiger partial charge in [0, 0.05) is 51.0 Å². The highest BCUT2D eigenvalue weighted by molar-refractivity contribution is 5.76. The van der Waals surface area contributed by atoms with Crippen LogP contribution in [0.2, 0.25) is 0 Å². The summed E-state index contributed by atoms with van der Waals surface area (Å²) in [5.74, 6) is 1.04. The van der Waals surface area contributed by atoms with Crippen molar-refractivity contribution in [3.63, 3.8) is 0 Å². The smallest absolute Gasteiger partial charge is 0.332 e. The van der Waals surface area contributed by atoms with Crippen molar-refractivity contribution >= 4 is 5.91 Å². The summed E-state index contributed by atoms with van der Waals surface area (Å²) in [5.41, 5.74) is 0.887. The number of carbonyl (C=O) groups excluding carboxylic acids is 1. The van der Waals surface area contributed by atoms with Gasteiger partial charge in [-0.05, 0) is 61.8 Å². The van der Waals surface area contributed by atoms with Gasteiger partial charge in [0.25, 0.3) is 0 Å². The number of imidazole rings is 1. The summed E-state index contributed by atoms with van der Waals surface area (Å²) in [7, 11) is 1.89. The van der Waals surface area contributed by atoms with Crippen LogP contribution in [0.4, 0.5) is 0 Å². The Balaban J connectivity index is 1.46. The first-order valence-electron chi connectivity index (χ1n) is 13.2. The van der Waals surface area contributed by atoms with Crippen LogP contribution >= 0.6 is 0 Å². The number of ether oxygens (including phenoxy) is 1. The third-order valence-corrected chi connectivity index (χ3v) is 6.76. The summed E-state index contributed by atoms with van der Waals surface area (Å²) in [4.78, 5) is 27.2. The van der Waals surface area contributed by atoms with Crippen LogP contribution in [0.15, 0.2) is 41.5 Å². The fourth-order valence-electron chi connectivity index (χ4n) is 4.61. The van der Waals surface area contributed by atoms with E-state index >= 15 is 0 Å². The number of nitrogens with zero attached hydrogens (tertiary/aromatic N) is 3. The largest absolute Gasteiger partial charge is 0.494 e. The minimum absolute atomic E-state index is 0.0139. The predicted molar refractivity (Wildman–Crippen MR) is 141 cm³/mol. The molecule has 0 spiro atoms. The number of likely N-dealkylation sites (N-methyl/N-ethyl adjacent to an activating group) is 1. The van der Waals surface area contributed by atoms with Crippen LogP contribution in [0, 0.1) is 5.41 Å². The first kappa shape index (κ1) is 27.1. The van der Waals surface area contributed by atoms with Gasteiger partial charge in [0.05, 0.1) is 12.3 Å². The second-order valence-electron chi connectivity index (χ2n) is 11.1. The Hall–Kier alpha value is -2.54. The number of hydrogen-bond acceptors (Lipinski definition) is 4. The molecule has 35 heavy (non-hydrogen) atoms. The highest BCUT2D eigenvalue weighted by Crippen LogP contribution is 2.28. The van der Waals surface area contributed by atoms with Crippen molar-refractivity contribution in [1.82, 2.24) is 19.4 Å². The normalized spacial score (nSPS) is 18.4. The fraction of sp³-hybridized carbons (Fsp3) is 0.643. The standard InChI is InChI=1S/C28H44N4O3/c1-6-7-20-35-25-14-12-24(13-15-25)32-19-18-31(27(32)34)23-10-8-22(9-11-23)29-16-17-30(5)26(33)21-28(2,3)4/h12-15,18-19,22-23,29H,6-11,16-17,20-21H2,1-5H3. The average Bonchev–Trinajstić information content (AvgIpc) is 3.20. The van der Waals surface area contributed by atoms with Gasteiger partial charge in [0.2, 0.25) is 5.91 Å². The summed E-state index contributed by atoms with van der Waals surface area (Å²) in [5, 5.41) is 3.61. The van der Waals surface area contributed by atoms with E-state index in [2.05, 4.69) is 33.0 Å². The van der Waals surface area contributed by atoms with Crippen molar-refractivity contribution in [2.45, 2.75) is 84.7 Å². The number of amides is 1. The molecule has 1 aliphatic carbocycles. The van der Waals surface area contributed by atoms with Gasteiger partial charge in [-0.15, -0.1) is 0 Å². The van der Waals surface area contributed by atoms with Crippen LogP contribution in [0.3, 0.4) is 0 Å². The number of carbonyl (C=O) groups is 1. The maximum atomic E-state index is 13.1. The zero-order chi connectivity index (χ0) is 25.4. The van der Waals surface area contributed by atoms with E-state index < -0.39 is 0 Å².